The van der Waals surface area contributed by atoms with Crippen LogP contribution in [-0.4, -0.2) is 95.9 Å². The molecule has 4 aromatic rings. The van der Waals surface area contributed by atoms with Gasteiger partial charge < -0.3 is 29.7 Å². The summed E-state index contributed by atoms with van der Waals surface area (Å²) in [6, 6.07) is 22.7. The molecule has 55 heavy (non-hydrogen) atoms. The lowest BCUT2D eigenvalue weighted by molar-refractivity contribution is -0.152. The minimum atomic E-state index is -1.43. The van der Waals surface area contributed by atoms with Gasteiger partial charge >= 0.3 is 5.97 Å². The molecule has 2 bridgehead atoms. The Bertz CT molecular complexity index is 2060. The number of likely N-dealkylation sites (tertiary alicyclic amines) is 1. The van der Waals surface area contributed by atoms with Gasteiger partial charge in [-0.15, -0.1) is 18.3 Å². The minimum absolute atomic E-state index is 0.00483. The Morgan fingerprint density at radius 1 is 1.04 bits per heavy atom. The van der Waals surface area contributed by atoms with Crippen LogP contribution in [0.15, 0.2) is 110 Å². The van der Waals surface area contributed by atoms with Crippen LogP contribution in [0.25, 0.3) is 11.0 Å². The Morgan fingerprint density at radius 3 is 2.42 bits per heavy atom. The Labute approximate surface area is 327 Å². The Balaban J connectivity index is 1.26. The van der Waals surface area contributed by atoms with Crippen LogP contribution < -0.4 is 5.32 Å². The number of aromatic nitrogens is 3. The van der Waals surface area contributed by atoms with E-state index in [1.165, 1.54) is 9.80 Å². The number of carbonyl (C=O) groups excluding carboxylic acids is 4. The van der Waals surface area contributed by atoms with Gasteiger partial charge in [0.25, 0.3) is 0 Å². The number of halogens is 1. The molecule has 3 aliphatic heterocycles. The molecule has 2 N–H and O–H groups in total. The van der Waals surface area contributed by atoms with Crippen molar-refractivity contribution >= 4 is 50.7 Å². The first kappa shape index (κ1) is 38.1. The predicted octanol–water partition coefficient (Wildman–Crippen LogP) is 4.25. The molecule has 4 heterocycles. The summed E-state index contributed by atoms with van der Waals surface area (Å²) in [7, 11) is 0. The summed E-state index contributed by atoms with van der Waals surface area (Å²) in [5, 5.41) is 22.6. The smallest absolute Gasteiger partial charge is 0.306 e. The van der Waals surface area contributed by atoms with Gasteiger partial charge in [-0.05, 0) is 36.1 Å². The quantitative estimate of drug-likeness (QED) is 0.0960. The maximum Gasteiger partial charge on any atom is 0.306 e. The van der Waals surface area contributed by atoms with Crippen molar-refractivity contribution in [1.82, 2.24) is 30.1 Å². The number of carbonyl (C=O) groups is 4. The third kappa shape index (κ3) is 7.09. The van der Waals surface area contributed by atoms with E-state index in [1.807, 2.05) is 60.7 Å². The van der Waals surface area contributed by atoms with Crippen molar-refractivity contribution in [2.24, 2.45) is 11.8 Å². The second kappa shape index (κ2) is 16.3. The number of aliphatic hydroxyl groups is 1. The van der Waals surface area contributed by atoms with Crippen molar-refractivity contribution in [1.29, 1.82) is 0 Å². The van der Waals surface area contributed by atoms with Crippen LogP contribution in [-0.2, 0) is 35.3 Å². The van der Waals surface area contributed by atoms with Gasteiger partial charge in [0.2, 0.25) is 17.7 Å². The van der Waals surface area contributed by atoms with Gasteiger partial charge in [-0.25, -0.2) is 4.68 Å². The number of amides is 3. The average Bonchev–Trinajstić information content (AvgIpc) is 3.93. The monoisotopic (exact) mass is 810 g/mol. The number of para-hydroxylation sites is 1. The van der Waals surface area contributed by atoms with E-state index in [0.29, 0.717) is 28.6 Å². The molecule has 1 aromatic heterocycles. The molecule has 14 heteroatoms. The number of allylic oxidation sites excluding steroid dienone is 1. The second-order valence-electron chi connectivity index (χ2n) is 14.1. The largest absolute Gasteiger partial charge is 0.463 e. The molecule has 3 aromatic carbocycles. The van der Waals surface area contributed by atoms with Crippen LogP contribution in [0, 0.1) is 11.8 Å². The topological polar surface area (TPSA) is 156 Å². The lowest BCUT2D eigenvalue weighted by atomic mass is 9.70. The van der Waals surface area contributed by atoms with E-state index in [9.17, 15) is 14.7 Å². The molecule has 3 fully saturated rings. The molecule has 0 radical (unpaired) electrons. The van der Waals surface area contributed by atoms with Gasteiger partial charge in [-0.2, -0.15) is 0 Å². The van der Waals surface area contributed by atoms with E-state index in [4.69, 9.17) is 9.47 Å². The Hall–Kier alpha value is -5.18. The lowest BCUT2D eigenvalue weighted by Crippen LogP contribution is -2.57. The van der Waals surface area contributed by atoms with Gasteiger partial charge in [0, 0.05) is 17.8 Å². The molecule has 3 saturated heterocycles. The number of alkyl halides is 1. The molecule has 13 nitrogen and oxygen atoms in total. The van der Waals surface area contributed by atoms with Crippen LogP contribution in [0.5, 0.6) is 0 Å². The van der Waals surface area contributed by atoms with Gasteiger partial charge in [-0.3, -0.25) is 19.2 Å². The van der Waals surface area contributed by atoms with E-state index < -0.39 is 72.0 Å². The SMILES string of the molecule is C=CCCC(=O)OC[C@H](NC(=O)[C@@H]1[C@H]2O[C@@]3(CC2Br)[C@H](C(=O)N(CC=C)Cn2nnc4ccccc42)N([C@H](CO)c2ccccc2)C(=O)[C@@H]13)c1ccccc1. The van der Waals surface area contributed by atoms with Gasteiger partial charge in [0.05, 0.1) is 42.1 Å². The van der Waals surface area contributed by atoms with Crippen molar-refractivity contribution in [2.45, 2.75) is 60.6 Å². The molecular weight excluding hydrogens is 768 g/mol. The molecule has 0 saturated carbocycles. The molecule has 7 rings (SSSR count). The van der Waals surface area contributed by atoms with E-state index in [1.54, 1.807) is 41.1 Å². The van der Waals surface area contributed by atoms with E-state index in [0.717, 1.165) is 0 Å². The van der Waals surface area contributed by atoms with Crippen LogP contribution in [0.1, 0.15) is 42.5 Å². The average molecular weight is 812 g/mol. The number of benzene rings is 3. The maximum absolute atomic E-state index is 15.2. The normalized spacial score (nSPS) is 24.9. The van der Waals surface area contributed by atoms with Gasteiger partial charge in [0.15, 0.2) is 0 Å². The maximum atomic E-state index is 15.2. The summed E-state index contributed by atoms with van der Waals surface area (Å²) in [5.74, 6) is -3.91. The summed E-state index contributed by atoms with van der Waals surface area (Å²) in [6.07, 6.45) is 3.33. The van der Waals surface area contributed by atoms with Crippen LogP contribution in [0.4, 0.5) is 0 Å². The highest BCUT2D eigenvalue weighted by Gasteiger charge is 2.77. The summed E-state index contributed by atoms with van der Waals surface area (Å²) >= 11 is 3.75. The number of rotatable bonds is 16. The zero-order valence-corrected chi connectivity index (χ0v) is 31.7. The van der Waals surface area contributed by atoms with Crippen molar-refractivity contribution in [3.63, 3.8) is 0 Å². The third-order valence-corrected chi connectivity index (χ3v) is 11.7. The third-order valence-electron chi connectivity index (χ3n) is 10.8. The predicted molar refractivity (Wildman–Crippen MR) is 206 cm³/mol. The molecule has 286 valence electrons. The van der Waals surface area contributed by atoms with Crippen molar-refractivity contribution in [3.05, 3.63) is 121 Å². The fourth-order valence-electron chi connectivity index (χ4n) is 8.38. The number of nitrogens with zero attached hydrogens (tertiary/aromatic N) is 5. The first-order chi connectivity index (χ1) is 26.7. The van der Waals surface area contributed by atoms with Gasteiger partial charge in [-0.1, -0.05) is 106 Å². The molecule has 3 amide bonds. The van der Waals surface area contributed by atoms with Crippen LogP contribution >= 0.6 is 15.9 Å². The highest BCUT2D eigenvalue weighted by Crippen LogP contribution is 2.61. The Kier molecular flexibility index (Phi) is 11.3. The number of nitrogens with one attached hydrogen (secondary N) is 1. The van der Waals surface area contributed by atoms with Crippen molar-refractivity contribution < 1.29 is 33.8 Å². The van der Waals surface area contributed by atoms with Crippen LogP contribution in [0.2, 0.25) is 0 Å². The first-order valence-electron chi connectivity index (χ1n) is 18.3. The standard InChI is InChI=1S/C41H43BrN6O7/c1-3-5-20-33(50)54-24-30(26-14-8-6-9-15-26)43-38(51)34-35-39(52)48(32(23-49)27-16-10-7-11-17-27)37(41(35)22-28(42)36(34)55-41)40(53)46(21-4-2)25-47-31-19-13-12-18-29(31)44-45-47/h3-4,6-19,28,30,32,34-37,49H,1-2,5,20-25H2,(H,43,51)/t28?,30-,32+,34-,35+,36-,37-,41+/m0/s1. The summed E-state index contributed by atoms with van der Waals surface area (Å²) in [6.45, 7) is 7.04. The summed E-state index contributed by atoms with van der Waals surface area (Å²) in [4.78, 5) is 60.0. The number of hydrogen-bond acceptors (Lipinski definition) is 9. The lowest BCUT2D eigenvalue weighted by Gasteiger charge is -2.39. The zero-order chi connectivity index (χ0) is 38.7. The fourth-order valence-corrected chi connectivity index (χ4v) is 9.33. The second-order valence-corrected chi connectivity index (χ2v) is 15.2. The fraction of sp³-hybridized carbons (Fsp3) is 0.366. The number of aliphatic hydroxyl groups excluding tert-OH is 1. The molecule has 0 aliphatic carbocycles. The van der Waals surface area contributed by atoms with E-state index in [-0.39, 0.29) is 37.5 Å². The molecule has 8 atom stereocenters. The van der Waals surface area contributed by atoms with E-state index in [2.05, 4.69) is 44.7 Å². The minimum Gasteiger partial charge on any atom is -0.463 e. The number of fused-ring (bicyclic) bond motifs is 2. The molecule has 1 unspecified atom stereocenters. The highest BCUT2D eigenvalue weighted by atomic mass is 79.9. The molecule has 1 spiro atoms. The molecule has 3 aliphatic rings. The Morgan fingerprint density at radius 2 is 1.73 bits per heavy atom. The number of esters is 1. The van der Waals surface area contributed by atoms with Crippen molar-refractivity contribution in [3.8, 4) is 0 Å². The number of ether oxygens (including phenoxy) is 2. The highest BCUT2D eigenvalue weighted by molar-refractivity contribution is 9.09. The summed E-state index contributed by atoms with van der Waals surface area (Å²) in [5.41, 5.74) is 1.27. The summed E-state index contributed by atoms with van der Waals surface area (Å²) < 4.78 is 14.0. The van der Waals surface area contributed by atoms with Crippen LogP contribution in [0.3, 0.4) is 0 Å². The number of hydrogen-bond donors (Lipinski definition) is 2. The zero-order valence-electron chi connectivity index (χ0n) is 30.2. The molecular formula is C41H43BrN6O7. The van der Waals surface area contributed by atoms with Crippen molar-refractivity contribution in [2.75, 3.05) is 19.8 Å². The van der Waals surface area contributed by atoms with E-state index >= 15 is 9.59 Å². The first-order valence-corrected chi connectivity index (χ1v) is 19.2. The van der Waals surface area contributed by atoms with Gasteiger partial charge in [0.1, 0.15) is 30.4 Å².